The molecular formula is C21H25BrN2OS. The zero-order valence-electron chi connectivity index (χ0n) is 15.1. The lowest BCUT2D eigenvalue weighted by molar-refractivity contribution is -0.132. The lowest BCUT2D eigenvalue weighted by Crippen LogP contribution is -2.44. The summed E-state index contributed by atoms with van der Waals surface area (Å²) in [5.74, 6) is 1.19. The summed E-state index contributed by atoms with van der Waals surface area (Å²) in [6.07, 6.45) is 1.52. The molecule has 1 saturated heterocycles. The van der Waals surface area contributed by atoms with Crippen LogP contribution in [0.3, 0.4) is 0 Å². The average Bonchev–Trinajstić information content (AvgIpc) is 2.82. The van der Waals surface area contributed by atoms with E-state index in [-0.39, 0.29) is 11.9 Å². The molecule has 1 amide bonds. The van der Waals surface area contributed by atoms with Crippen molar-refractivity contribution in [1.29, 1.82) is 0 Å². The molecule has 1 fully saturated rings. The Labute approximate surface area is 168 Å². The van der Waals surface area contributed by atoms with Gasteiger partial charge in [0.05, 0.1) is 0 Å². The van der Waals surface area contributed by atoms with Gasteiger partial charge >= 0.3 is 0 Å². The van der Waals surface area contributed by atoms with Gasteiger partial charge in [-0.2, -0.15) is 0 Å². The Balaban J connectivity index is 1.74. The molecule has 1 aliphatic rings. The van der Waals surface area contributed by atoms with Crippen LogP contribution in [0.2, 0.25) is 0 Å². The largest absolute Gasteiger partial charge is 0.337 e. The molecule has 0 aromatic heterocycles. The molecular weight excluding hydrogens is 408 g/mol. The van der Waals surface area contributed by atoms with E-state index in [0.29, 0.717) is 6.42 Å². The molecule has 0 unspecified atom stereocenters. The highest BCUT2D eigenvalue weighted by Crippen LogP contribution is 2.25. The Morgan fingerprint density at radius 2 is 1.77 bits per heavy atom. The number of carbonyl (C=O) groups excluding carboxylic acids is 1. The summed E-state index contributed by atoms with van der Waals surface area (Å²) in [6.45, 7) is 2.61. The first-order chi connectivity index (χ1) is 12.6. The molecule has 2 aromatic rings. The predicted octanol–water partition coefficient (Wildman–Crippen LogP) is 4.32. The van der Waals surface area contributed by atoms with Gasteiger partial charge in [-0.1, -0.05) is 46.3 Å². The number of rotatable bonds is 6. The zero-order chi connectivity index (χ0) is 18.4. The third-order valence-electron chi connectivity index (χ3n) is 4.76. The molecule has 26 heavy (non-hydrogen) atoms. The van der Waals surface area contributed by atoms with Gasteiger partial charge in [0.15, 0.2) is 0 Å². The molecule has 0 aliphatic carbocycles. The van der Waals surface area contributed by atoms with Crippen LogP contribution >= 0.6 is 27.7 Å². The van der Waals surface area contributed by atoms with Gasteiger partial charge in [0.2, 0.25) is 5.91 Å². The van der Waals surface area contributed by atoms with E-state index in [4.69, 9.17) is 0 Å². The Hall–Kier alpha value is -1.30. The fraction of sp³-hybridized carbons (Fsp3) is 0.381. The number of amides is 1. The van der Waals surface area contributed by atoms with Gasteiger partial charge in [0.25, 0.3) is 0 Å². The first-order valence-corrected chi connectivity index (χ1v) is 10.8. The van der Waals surface area contributed by atoms with E-state index in [1.54, 1.807) is 0 Å². The zero-order valence-corrected chi connectivity index (χ0v) is 17.5. The second-order valence-corrected chi connectivity index (χ2v) is 8.76. The molecule has 0 saturated carbocycles. The van der Waals surface area contributed by atoms with Gasteiger partial charge < -0.3 is 9.80 Å². The average molecular weight is 433 g/mol. The number of halogens is 1. The van der Waals surface area contributed by atoms with E-state index in [1.807, 2.05) is 17.8 Å². The van der Waals surface area contributed by atoms with Gasteiger partial charge in [0.1, 0.15) is 0 Å². The van der Waals surface area contributed by atoms with Crippen LogP contribution in [0.4, 0.5) is 0 Å². The summed E-state index contributed by atoms with van der Waals surface area (Å²) in [4.78, 5) is 18.3. The number of nitrogens with zero attached hydrogens (tertiary/aromatic N) is 2. The lowest BCUT2D eigenvalue weighted by Gasteiger charge is -2.31. The summed E-state index contributed by atoms with van der Waals surface area (Å²) in [5, 5.41) is 0. The molecule has 0 bridgehead atoms. The number of benzene rings is 2. The molecule has 3 nitrogen and oxygen atoms in total. The Kier molecular flexibility index (Phi) is 7.17. The number of likely N-dealkylation sites (N-methyl/N-ethyl adjacent to an activating group) is 1. The minimum absolute atomic E-state index is 0.213. The van der Waals surface area contributed by atoms with Crippen molar-refractivity contribution in [3.63, 3.8) is 0 Å². The molecule has 0 N–H and O–H groups in total. The van der Waals surface area contributed by atoms with E-state index in [1.165, 1.54) is 10.5 Å². The van der Waals surface area contributed by atoms with Crippen LogP contribution < -0.4 is 0 Å². The van der Waals surface area contributed by atoms with Gasteiger partial charge in [-0.25, -0.2) is 0 Å². The van der Waals surface area contributed by atoms with E-state index in [0.717, 1.165) is 36.3 Å². The monoisotopic (exact) mass is 432 g/mol. The van der Waals surface area contributed by atoms with Crippen LogP contribution in [0.5, 0.6) is 0 Å². The van der Waals surface area contributed by atoms with Crippen LogP contribution in [0.1, 0.15) is 12.0 Å². The third-order valence-corrected chi connectivity index (χ3v) is 6.45. The molecule has 0 radical (unpaired) electrons. The van der Waals surface area contributed by atoms with Crippen molar-refractivity contribution in [3.05, 3.63) is 64.6 Å². The first-order valence-electron chi connectivity index (χ1n) is 9.02. The molecule has 5 heteroatoms. The van der Waals surface area contributed by atoms with Crippen LogP contribution in [0, 0.1) is 0 Å². The Morgan fingerprint density at radius 1 is 1.04 bits per heavy atom. The molecule has 1 aliphatic heterocycles. The van der Waals surface area contributed by atoms with E-state index in [9.17, 15) is 4.79 Å². The van der Waals surface area contributed by atoms with Crippen molar-refractivity contribution in [2.75, 3.05) is 32.4 Å². The predicted molar refractivity (Wildman–Crippen MR) is 113 cm³/mol. The topological polar surface area (TPSA) is 23.6 Å². The lowest BCUT2D eigenvalue weighted by atomic mass is 10.1. The maximum absolute atomic E-state index is 12.7. The molecule has 1 heterocycles. The summed E-state index contributed by atoms with van der Waals surface area (Å²) in [6, 6.07) is 19.1. The van der Waals surface area contributed by atoms with Gasteiger partial charge in [-0.05, 0) is 43.3 Å². The van der Waals surface area contributed by atoms with E-state index < -0.39 is 0 Å². The summed E-state index contributed by atoms with van der Waals surface area (Å²) < 4.78 is 1.09. The van der Waals surface area contributed by atoms with Crippen LogP contribution in [-0.4, -0.2) is 54.2 Å². The quantitative estimate of drug-likeness (QED) is 0.635. The number of hydrogen-bond acceptors (Lipinski definition) is 3. The van der Waals surface area contributed by atoms with E-state index in [2.05, 4.69) is 81.3 Å². The SMILES string of the molecule is CN1CCC(=O)N([C@H](CSc2ccc(Br)cc2)Cc2ccccc2)CC1. The normalized spacial score (nSPS) is 17.2. The first kappa shape index (κ1) is 19.5. The second-order valence-electron chi connectivity index (χ2n) is 6.75. The van der Waals surface area contributed by atoms with Crippen molar-refractivity contribution in [3.8, 4) is 0 Å². The third kappa shape index (κ3) is 5.60. The minimum atomic E-state index is 0.213. The van der Waals surface area contributed by atoms with E-state index >= 15 is 0 Å². The second kappa shape index (κ2) is 9.58. The molecule has 1 atom stereocenters. The Morgan fingerprint density at radius 3 is 2.50 bits per heavy atom. The number of carbonyl (C=O) groups is 1. The number of hydrogen-bond donors (Lipinski definition) is 0. The highest BCUT2D eigenvalue weighted by molar-refractivity contribution is 9.10. The van der Waals surface area contributed by atoms with Gasteiger partial charge in [0, 0.05) is 47.2 Å². The van der Waals surface area contributed by atoms with Gasteiger partial charge in [-0.3, -0.25) is 4.79 Å². The van der Waals surface area contributed by atoms with Crippen LogP contribution in [0.25, 0.3) is 0 Å². The minimum Gasteiger partial charge on any atom is -0.337 e. The maximum Gasteiger partial charge on any atom is 0.224 e. The van der Waals surface area contributed by atoms with Crippen LogP contribution in [-0.2, 0) is 11.2 Å². The fourth-order valence-electron chi connectivity index (χ4n) is 3.20. The highest BCUT2D eigenvalue weighted by Gasteiger charge is 2.26. The van der Waals surface area contributed by atoms with Crippen molar-refractivity contribution in [2.24, 2.45) is 0 Å². The summed E-state index contributed by atoms with van der Waals surface area (Å²) >= 11 is 5.32. The molecule has 2 aromatic carbocycles. The summed E-state index contributed by atoms with van der Waals surface area (Å²) in [7, 11) is 2.10. The maximum atomic E-state index is 12.7. The fourth-order valence-corrected chi connectivity index (χ4v) is 4.48. The number of thioether (sulfide) groups is 1. The van der Waals surface area contributed by atoms with Crippen molar-refractivity contribution < 1.29 is 4.79 Å². The smallest absolute Gasteiger partial charge is 0.224 e. The highest BCUT2D eigenvalue weighted by atomic mass is 79.9. The standard InChI is InChI=1S/C21H25BrN2OS/c1-23-12-11-21(25)24(14-13-23)19(15-17-5-3-2-4-6-17)16-26-20-9-7-18(22)8-10-20/h2-10,19H,11-16H2,1H3/t19-/m0/s1. The molecule has 3 rings (SSSR count). The van der Waals surface area contributed by atoms with Gasteiger partial charge in [-0.15, -0.1) is 11.8 Å². The van der Waals surface area contributed by atoms with Crippen molar-refractivity contribution in [2.45, 2.75) is 23.8 Å². The molecule has 0 spiro atoms. The summed E-state index contributed by atoms with van der Waals surface area (Å²) in [5.41, 5.74) is 1.29. The van der Waals surface area contributed by atoms with Crippen molar-refractivity contribution >= 4 is 33.6 Å². The van der Waals surface area contributed by atoms with Crippen molar-refractivity contribution in [1.82, 2.24) is 9.80 Å². The molecule has 138 valence electrons. The van der Waals surface area contributed by atoms with Crippen LogP contribution in [0.15, 0.2) is 64.0 Å². The Bertz CT molecular complexity index is 708.